The highest BCUT2D eigenvalue weighted by atomic mass is 16.5. The minimum Gasteiger partial charge on any atom is -0.497 e. The number of aliphatic hydroxyl groups excluding tert-OH is 1. The number of aromatic nitrogens is 2. The number of nitrogens with zero attached hydrogens (tertiary/aromatic N) is 3. The van der Waals surface area contributed by atoms with Crippen LogP contribution in [0.25, 0.3) is 5.65 Å². The standard InChI is InChI=1S/C19H21N3O2/c1-24-17-6-4-5-14(9-17)18-10-16(23)13-22(18)12-15-11-21-8-3-2-7-19(21)20-15/h2-9,11,16,18,23H,10,12-13H2,1H3. The van der Waals surface area contributed by atoms with E-state index in [1.165, 1.54) is 5.56 Å². The fraction of sp³-hybridized carbons (Fsp3) is 0.316. The van der Waals surface area contributed by atoms with Gasteiger partial charge in [0.2, 0.25) is 0 Å². The van der Waals surface area contributed by atoms with Crippen molar-refractivity contribution >= 4 is 5.65 Å². The topological polar surface area (TPSA) is 50.0 Å². The smallest absolute Gasteiger partial charge is 0.137 e. The second kappa shape index (κ2) is 6.26. The van der Waals surface area contributed by atoms with Crippen LogP contribution in [-0.2, 0) is 6.54 Å². The van der Waals surface area contributed by atoms with Gasteiger partial charge in [0, 0.05) is 31.5 Å². The molecule has 1 N–H and O–H groups in total. The van der Waals surface area contributed by atoms with Crippen molar-refractivity contribution in [2.24, 2.45) is 0 Å². The average Bonchev–Trinajstić information content (AvgIpc) is 3.17. The van der Waals surface area contributed by atoms with Crippen molar-refractivity contribution in [3.63, 3.8) is 0 Å². The second-order valence-electron chi connectivity index (χ2n) is 6.31. The minimum atomic E-state index is -0.307. The predicted octanol–water partition coefficient (Wildman–Crippen LogP) is 2.65. The predicted molar refractivity (Wildman–Crippen MR) is 92.0 cm³/mol. The van der Waals surface area contributed by atoms with Gasteiger partial charge in [0.1, 0.15) is 11.4 Å². The molecule has 1 saturated heterocycles. The molecular formula is C19H21N3O2. The van der Waals surface area contributed by atoms with Crippen molar-refractivity contribution in [2.45, 2.75) is 25.1 Å². The van der Waals surface area contributed by atoms with E-state index in [4.69, 9.17) is 4.74 Å². The zero-order chi connectivity index (χ0) is 16.5. The lowest BCUT2D eigenvalue weighted by Gasteiger charge is -2.23. The summed E-state index contributed by atoms with van der Waals surface area (Å²) in [6, 6.07) is 14.3. The minimum absolute atomic E-state index is 0.180. The molecule has 1 fully saturated rings. The Hall–Kier alpha value is -2.37. The van der Waals surface area contributed by atoms with Gasteiger partial charge in [-0.1, -0.05) is 18.2 Å². The van der Waals surface area contributed by atoms with E-state index in [-0.39, 0.29) is 12.1 Å². The highest BCUT2D eigenvalue weighted by molar-refractivity contribution is 5.39. The molecular weight excluding hydrogens is 302 g/mol. The maximum absolute atomic E-state index is 10.2. The molecule has 1 aliphatic heterocycles. The summed E-state index contributed by atoms with van der Waals surface area (Å²) < 4.78 is 7.37. The van der Waals surface area contributed by atoms with E-state index in [2.05, 4.69) is 28.2 Å². The number of rotatable bonds is 4. The lowest BCUT2D eigenvalue weighted by molar-refractivity contribution is 0.172. The molecule has 24 heavy (non-hydrogen) atoms. The Kier molecular flexibility index (Phi) is 3.96. The summed E-state index contributed by atoms with van der Waals surface area (Å²) in [5.41, 5.74) is 3.14. The summed E-state index contributed by atoms with van der Waals surface area (Å²) in [7, 11) is 1.68. The first-order valence-electron chi connectivity index (χ1n) is 8.21. The molecule has 1 aromatic carbocycles. The largest absolute Gasteiger partial charge is 0.497 e. The van der Waals surface area contributed by atoms with Gasteiger partial charge >= 0.3 is 0 Å². The van der Waals surface area contributed by atoms with Crippen LogP contribution < -0.4 is 4.74 Å². The molecule has 2 atom stereocenters. The Morgan fingerprint density at radius 1 is 1.25 bits per heavy atom. The van der Waals surface area contributed by atoms with Gasteiger partial charge in [0.05, 0.1) is 18.9 Å². The number of imidazole rings is 1. The van der Waals surface area contributed by atoms with Gasteiger partial charge in [0.25, 0.3) is 0 Å². The van der Waals surface area contributed by atoms with Gasteiger partial charge < -0.3 is 14.2 Å². The number of β-amino-alcohol motifs (C(OH)–C–C–N with tert-alkyl or cyclic N) is 1. The fourth-order valence-electron chi connectivity index (χ4n) is 3.52. The third-order valence-electron chi connectivity index (χ3n) is 4.64. The van der Waals surface area contributed by atoms with E-state index in [9.17, 15) is 5.11 Å². The van der Waals surface area contributed by atoms with Crippen LogP contribution in [0.5, 0.6) is 5.75 Å². The first kappa shape index (κ1) is 15.2. The number of pyridine rings is 1. The molecule has 124 valence electrons. The molecule has 4 rings (SSSR count). The molecule has 0 bridgehead atoms. The quantitative estimate of drug-likeness (QED) is 0.802. The number of methoxy groups -OCH3 is 1. The van der Waals surface area contributed by atoms with Crippen LogP contribution in [0, 0.1) is 0 Å². The van der Waals surface area contributed by atoms with Crippen LogP contribution in [0.4, 0.5) is 0 Å². The lowest BCUT2D eigenvalue weighted by Crippen LogP contribution is -2.24. The molecule has 5 heteroatoms. The third kappa shape index (κ3) is 2.88. The van der Waals surface area contributed by atoms with Gasteiger partial charge in [0.15, 0.2) is 0 Å². The van der Waals surface area contributed by atoms with Crippen molar-refractivity contribution in [3.8, 4) is 5.75 Å². The third-order valence-corrected chi connectivity index (χ3v) is 4.64. The zero-order valence-electron chi connectivity index (χ0n) is 13.7. The molecule has 2 unspecified atom stereocenters. The second-order valence-corrected chi connectivity index (χ2v) is 6.31. The van der Waals surface area contributed by atoms with E-state index in [0.717, 1.165) is 30.1 Å². The van der Waals surface area contributed by atoms with E-state index in [1.807, 2.05) is 40.9 Å². The first-order valence-corrected chi connectivity index (χ1v) is 8.21. The van der Waals surface area contributed by atoms with E-state index in [1.54, 1.807) is 7.11 Å². The fourth-order valence-corrected chi connectivity index (χ4v) is 3.52. The Morgan fingerprint density at radius 2 is 2.17 bits per heavy atom. The highest BCUT2D eigenvalue weighted by Gasteiger charge is 2.32. The molecule has 3 heterocycles. The molecule has 0 aliphatic carbocycles. The maximum atomic E-state index is 10.2. The lowest BCUT2D eigenvalue weighted by atomic mass is 10.0. The molecule has 3 aromatic rings. The van der Waals surface area contributed by atoms with Crippen molar-refractivity contribution in [1.29, 1.82) is 0 Å². The van der Waals surface area contributed by atoms with Gasteiger partial charge in [-0.2, -0.15) is 0 Å². The number of ether oxygens (including phenoxy) is 1. The van der Waals surface area contributed by atoms with Crippen LogP contribution in [0.2, 0.25) is 0 Å². The summed E-state index contributed by atoms with van der Waals surface area (Å²) in [4.78, 5) is 6.97. The van der Waals surface area contributed by atoms with E-state index >= 15 is 0 Å². The molecule has 1 aliphatic rings. The summed E-state index contributed by atoms with van der Waals surface area (Å²) >= 11 is 0. The van der Waals surface area contributed by atoms with Crippen LogP contribution in [0.1, 0.15) is 23.7 Å². The van der Waals surface area contributed by atoms with Gasteiger partial charge in [-0.05, 0) is 36.2 Å². The SMILES string of the molecule is COc1cccc(C2CC(O)CN2Cc2cn3ccccc3n2)c1. The van der Waals surface area contributed by atoms with Gasteiger partial charge in [-0.15, -0.1) is 0 Å². The Morgan fingerprint density at radius 3 is 3.00 bits per heavy atom. The van der Waals surface area contributed by atoms with Crippen molar-refractivity contribution in [3.05, 3.63) is 66.1 Å². The maximum Gasteiger partial charge on any atom is 0.137 e. The number of hydrogen-bond acceptors (Lipinski definition) is 4. The van der Waals surface area contributed by atoms with Gasteiger partial charge in [-0.25, -0.2) is 4.98 Å². The van der Waals surface area contributed by atoms with Crippen molar-refractivity contribution < 1.29 is 9.84 Å². The molecule has 5 nitrogen and oxygen atoms in total. The van der Waals surface area contributed by atoms with E-state index < -0.39 is 0 Å². The summed E-state index contributed by atoms with van der Waals surface area (Å²) in [6.07, 6.45) is 4.49. The van der Waals surface area contributed by atoms with Gasteiger partial charge in [-0.3, -0.25) is 4.90 Å². The summed E-state index contributed by atoms with van der Waals surface area (Å²) in [6.45, 7) is 1.39. The van der Waals surface area contributed by atoms with E-state index in [0.29, 0.717) is 6.54 Å². The normalized spacial score (nSPS) is 21.4. The van der Waals surface area contributed by atoms with Crippen LogP contribution in [0.3, 0.4) is 0 Å². The molecule has 0 spiro atoms. The molecule has 0 radical (unpaired) electrons. The number of aliphatic hydroxyl groups is 1. The number of fused-ring (bicyclic) bond motifs is 1. The average molecular weight is 323 g/mol. The summed E-state index contributed by atoms with van der Waals surface area (Å²) in [5.74, 6) is 0.849. The van der Waals surface area contributed by atoms with Crippen LogP contribution in [0.15, 0.2) is 54.9 Å². The van der Waals surface area contributed by atoms with Crippen molar-refractivity contribution in [1.82, 2.24) is 14.3 Å². The Balaban J connectivity index is 1.60. The summed E-state index contributed by atoms with van der Waals surface area (Å²) in [5, 5.41) is 10.2. The Bertz CT molecular complexity index is 812. The van der Waals surface area contributed by atoms with Crippen LogP contribution >= 0.6 is 0 Å². The molecule has 0 saturated carbocycles. The zero-order valence-corrected chi connectivity index (χ0v) is 13.7. The molecule has 2 aromatic heterocycles. The van der Waals surface area contributed by atoms with Crippen molar-refractivity contribution in [2.75, 3.05) is 13.7 Å². The number of hydrogen-bond donors (Lipinski definition) is 1. The number of likely N-dealkylation sites (tertiary alicyclic amines) is 1. The highest BCUT2D eigenvalue weighted by Crippen LogP contribution is 2.34. The van der Waals surface area contributed by atoms with Crippen LogP contribution in [-0.4, -0.2) is 39.1 Å². The molecule has 0 amide bonds. The Labute approximate surface area is 141 Å². The first-order chi connectivity index (χ1) is 11.7. The number of benzene rings is 1. The monoisotopic (exact) mass is 323 g/mol.